The molecule has 1 N–H and O–H groups in total. The van der Waals surface area contributed by atoms with Crippen LogP contribution >= 0.6 is 0 Å². The first-order valence-corrected chi connectivity index (χ1v) is 5.70. The van der Waals surface area contributed by atoms with Crippen molar-refractivity contribution in [2.45, 2.75) is 41.0 Å². The fourth-order valence-electron chi connectivity index (χ4n) is 1.03. The summed E-state index contributed by atoms with van der Waals surface area (Å²) in [6, 6.07) is 0. The van der Waals surface area contributed by atoms with E-state index >= 15 is 0 Å². The van der Waals surface area contributed by atoms with Crippen LogP contribution in [-0.2, 0) is 4.74 Å². The van der Waals surface area contributed by atoms with E-state index in [1.54, 1.807) is 0 Å². The maximum Gasteiger partial charge on any atom is 0.0590 e. The average Bonchev–Trinajstić information content (AvgIpc) is 2.00. The molecular formula is C12H27NO. The summed E-state index contributed by atoms with van der Waals surface area (Å²) in [5, 5.41) is 3.39. The van der Waals surface area contributed by atoms with E-state index in [-0.39, 0.29) is 0 Å². The lowest BCUT2D eigenvalue weighted by atomic mass is 9.97. The molecule has 0 amide bonds. The number of nitrogens with one attached hydrogen (secondary N) is 1. The normalized spacial score (nSPS) is 12.4. The van der Waals surface area contributed by atoms with E-state index in [0.29, 0.717) is 5.41 Å². The number of ether oxygens (including phenoxy) is 1. The second-order valence-electron chi connectivity index (χ2n) is 5.53. The molecule has 0 radical (unpaired) electrons. The van der Waals surface area contributed by atoms with E-state index < -0.39 is 0 Å². The molecule has 0 aromatic rings. The third kappa shape index (κ3) is 11.9. The van der Waals surface area contributed by atoms with Gasteiger partial charge in [0.05, 0.1) is 6.61 Å². The van der Waals surface area contributed by atoms with Crippen LogP contribution in [0.2, 0.25) is 0 Å². The van der Waals surface area contributed by atoms with Gasteiger partial charge < -0.3 is 10.1 Å². The van der Waals surface area contributed by atoms with Gasteiger partial charge in [0.2, 0.25) is 0 Å². The molecule has 0 aliphatic rings. The maximum absolute atomic E-state index is 5.50. The minimum atomic E-state index is 0.373. The van der Waals surface area contributed by atoms with Crippen LogP contribution in [0.15, 0.2) is 0 Å². The third-order valence-electron chi connectivity index (χ3n) is 1.92. The highest BCUT2D eigenvalue weighted by molar-refractivity contribution is 4.64. The summed E-state index contributed by atoms with van der Waals surface area (Å²) in [6.45, 7) is 14.9. The number of rotatable bonds is 7. The Labute approximate surface area is 89.4 Å². The van der Waals surface area contributed by atoms with E-state index in [1.165, 1.54) is 6.42 Å². The van der Waals surface area contributed by atoms with Crippen molar-refractivity contribution < 1.29 is 4.74 Å². The fourth-order valence-corrected chi connectivity index (χ4v) is 1.03. The molecule has 0 atom stereocenters. The van der Waals surface area contributed by atoms with Crippen molar-refractivity contribution in [3.63, 3.8) is 0 Å². The van der Waals surface area contributed by atoms with Gasteiger partial charge in [-0.05, 0) is 17.8 Å². The maximum atomic E-state index is 5.50. The van der Waals surface area contributed by atoms with Gasteiger partial charge in [0.1, 0.15) is 0 Å². The highest BCUT2D eigenvalue weighted by atomic mass is 16.5. The molecule has 0 bridgehead atoms. The highest BCUT2D eigenvalue weighted by Crippen LogP contribution is 2.09. The van der Waals surface area contributed by atoms with E-state index in [1.807, 2.05) is 0 Å². The molecule has 2 heteroatoms. The molecule has 0 heterocycles. The molecular weight excluding hydrogens is 174 g/mol. The van der Waals surface area contributed by atoms with E-state index in [9.17, 15) is 0 Å². The quantitative estimate of drug-likeness (QED) is 0.639. The van der Waals surface area contributed by atoms with Crippen molar-refractivity contribution in [3.8, 4) is 0 Å². The molecule has 14 heavy (non-hydrogen) atoms. The van der Waals surface area contributed by atoms with Crippen LogP contribution < -0.4 is 5.32 Å². The van der Waals surface area contributed by atoms with Gasteiger partial charge in [0, 0.05) is 19.7 Å². The molecule has 0 rings (SSSR count). The summed E-state index contributed by atoms with van der Waals surface area (Å²) in [7, 11) is 0. The molecule has 0 saturated heterocycles. The van der Waals surface area contributed by atoms with Gasteiger partial charge in [-0.15, -0.1) is 0 Å². The smallest absolute Gasteiger partial charge is 0.0590 e. The topological polar surface area (TPSA) is 21.3 Å². The summed E-state index contributed by atoms with van der Waals surface area (Å²) in [5.74, 6) is 0.748. The van der Waals surface area contributed by atoms with Gasteiger partial charge in [0.15, 0.2) is 0 Å². The van der Waals surface area contributed by atoms with Crippen molar-refractivity contribution in [1.29, 1.82) is 0 Å². The number of hydrogen-bond acceptors (Lipinski definition) is 2. The molecule has 2 nitrogen and oxygen atoms in total. The van der Waals surface area contributed by atoms with Crippen LogP contribution in [0.5, 0.6) is 0 Å². The summed E-state index contributed by atoms with van der Waals surface area (Å²) in [6.07, 6.45) is 1.17. The lowest BCUT2D eigenvalue weighted by Gasteiger charge is -2.18. The van der Waals surface area contributed by atoms with E-state index in [2.05, 4.69) is 39.9 Å². The molecule has 0 aliphatic carbocycles. The van der Waals surface area contributed by atoms with Gasteiger partial charge in [-0.2, -0.15) is 0 Å². The molecule has 0 saturated carbocycles. The second kappa shape index (κ2) is 7.24. The largest absolute Gasteiger partial charge is 0.380 e. The van der Waals surface area contributed by atoms with E-state index in [4.69, 9.17) is 4.74 Å². The van der Waals surface area contributed by atoms with Crippen molar-refractivity contribution in [1.82, 2.24) is 5.32 Å². The zero-order valence-electron chi connectivity index (χ0n) is 10.5. The van der Waals surface area contributed by atoms with Gasteiger partial charge in [-0.25, -0.2) is 0 Å². The van der Waals surface area contributed by atoms with Crippen LogP contribution in [0.25, 0.3) is 0 Å². The standard InChI is InChI=1S/C12H27NO/c1-11(2)6-8-14-9-7-13-10-12(3,4)5/h11,13H,6-10H2,1-5H3. The first-order chi connectivity index (χ1) is 6.42. The van der Waals surface area contributed by atoms with E-state index in [0.717, 1.165) is 32.2 Å². The lowest BCUT2D eigenvalue weighted by Crippen LogP contribution is -2.29. The van der Waals surface area contributed by atoms with Crippen molar-refractivity contribution >= 4 is 0 Å². The minimum Gasteiger partial charge on any atom is -0.380 e. The van der Waals surface area contributed by atoms with Crippen LogP contribution in [0.4, 0.5) is 0 Å². The second-order valence-corrected chi connectivity index (χ2v) is 5.53. The van der Waals surface area contributed by atoms with Gasteiger partial charge in [0.25, 0.3) is 0 Å². The SMILES string of the molecule is CC(C)CCOCCNCC(C)(C)C. The summed E-state index contributed by atoms with van der Waals surface area (Å²) in [4.78, 5) is 0. The van der Waals surface area contributed by atoms with Gasteiger partial charge in [-0.3, -0.25) is 0 Å². The Hall–Kier alpha value is -0.0800. The molecule has 86 valence electrons. The first-order valence-electron chi connectivity index (χ1n) is 5.70. The van der Waals surface area contributed by atoms with Crippen LogP contribution in [0, 0.1) is 11.3 Å². The summed E-state index contributed by atoms with van der Waals surface area (Å²) in [5.41, 5.74) is 0.373. The predicted octanol–water partition coefficient (Wildman–Crippen LogP) is 2.68. The molecule has 0 aromatic carbocycles. The Bertz CT molecular complexity index is 127. The van der Waals surface area contributed by atoms with Crippen molar-refractivity contribution in [2.24, 2.45) is 11.3 Å². The van der Waals surface area contributed by atoms with Crippen LogP contribution in [-0.4, -0.2) is 26.3 Å². The Morgan fingerprint density at radius 1 is 1.14 bits per heavy atom. The Kier molecular flexibility index (Phi) is 7.20. The third-order valence-corrected chi connectivity index (χ3v) is 1.92. The minimum absolute atomic E-state index is 0.373. The summed E-state index contributed by atoms with van der Waals surface area (Å²) >= 11 is 0. The molecule has 0 aliphatic heterocycles. The average molecular weight is 201 g/mol. The predicted molar refractivity (Wildman–Crippen MR) is 62.6 cm³/mol. The Balaban J connectivity index is 3.07. The van der Waals surface area contributed by atoms with Crippen molar-refractivity contribution in [2.75, 3.05) is 26.3 Å². The fraction of sp³-hybridized carbons (Fsp3) is 1.00. The van der Waals surface area contributed by atoms with Crippen LogP contribution in [0.3, 0.4) is 0 Å². The monoisotopic (exact) mass is 201 g/mol. The highest BCUT2D eigenvalue weighted by Gasteiger charge is 2.07. The Morgan fingerprint density at radius 3 is 2.29 bits per heavy atom. The Morgan fingerprint density at radius 2 is 1.79 bits per heavy atom. The first kappa shape index (κ1) is 13.9. The zero-order chi connectivity index (χ0) is 11.0. The summed E-state index contributed by atoms with van der Waals surface area (Å²) < 4.78 is 5.50. The zero-order valence-corrected chi connectivity index (χ0v) is 10.5. The van der Waals surface area contributed by atoms with Crippen molar-refractivity contribution in [3.05, 3.63) is 0 Å². The molecule has 0 fully saturated rings. The molecule has 0 unspecified atom stereocenters. The lowest BCUT2D eigenvalue weighted by molar-refractivity contribution is 0.123. The number of hydrogen-bond donors (Lipinski definition) is 1. The van der Waals surface area contributed by atoms with Gasteiger partial charge in [-0.1, -0.05) is 34.6 Å². The molecule has 0 aromatic heterocycles. The van der Waals surface area contributed by atoms with Gasteiger partial charge >= 0.3 is 0 Å². The molecule has 0 spiro atoms. The van der Waals surface area contributed by atoms with Crippen LogP contribution in [0.1, 0.15) is 41.0 Å².